The van der Waals surface area contributed by atoms with Gasteiger partial charge in [-0.15, -0.1) is 4.83 Å². The standard InChI is InChI=1S/C15H9Cl2FN2O4S/c16-9-1-3-12-8(5-9)6-13(24-12)15(21)19-20-25(22,23)14-4-2-10(18)7-11(14)17/h1-7,20H,(H,19,21). The number of fused-ring (bicyclic) bond motifs is 1. The van der Waals surface area contributed by atoms with Crippen molar-refractivity contribution in [1.82, 2.24) is 10.3 Å². The molecule has 2 aromatic carbocycles. The van der Waals surface area contributed by atoms with Gasteiger partial charge in [0.2, 0.25) is 0 Å². The Morgan fingerprint density at radius 2 is 1.84 bits per heavy atom. The van der Waals surface area contributed by atoms with Crippen molar-refractivity contribution in [2.24, 2.45) is 0 Å². The molecule has 1 amide bonds. The normalized spacial score (nSPS) is 11.6. The van der Waals surface area contributed by atoms with E-state index in [0.29, 0.717) is 16.0 Å². The number of benzene rings is 2. The first kappa shape index (κ1) is 17.7. The van der Waals surface area contributed by atoms with Crippen LogP contribution in [0.3, 0.4) is 0 Å². The lowest BCUT2D eigenvalue weighted by atomic mass is 10.2. The fourth-order valence-electron chi connectivity index (χ4n) is 2.05. The quantitative estimate of drug-likeness (QED) is 0.653. The maximum absolute atomic E-state index is 13.0. The van der Waals surface area contributed by atoms with Gasteiger partial charge in [0.25, 0.3) is 10.0 Å². The summed E-state index contributed by atoms with van der Waals surface area (Å²) in [5.41, 5.74) is 2.41. The van der Waals surface area contributed by atoms with Crippen molar-refractivity contribution in [3.05, 3.63) is 64.1 Å². The highest BCUT2D eigenvalue weighted by Crippen LogP contribution is 2.23. The van der Waals surface area contributed by atoms with E-state index in [-0.39, 0.29) is 15.7 Å². The van der Waals surface area contributed by atoms with E-state index >= 15 is 0 Å². The van der Waals surface area contributed by atoms with E-state index in [1.54, 1.807) is 18.2 Å². The molecule has 6 nitrogen and oxygen atoms in total. The van der Waals surface area contributed by atoms with E-state index < -0.39 is 21.7 Å². The zero-order valence-corrected chi connectivity index (χ0v) is 14.5. The van der Waals surface area contributed by atoms with Gasteiger partial charge in [0.1, 0.15) is 16.3 Å². The average Bonchev–Trinajstić information content (AvgIpc) is 2.95. The highest BCUT2D eigenvalue weighted by Gasteiger charge is 2.20. The van der Waals surface area contributed by atoms with E-state index in [9.17, 15) is 17.6 Å². The van der Waals surface area contributed by atoms with E-state index in [1.807, 2.05) is 10.3 Å². The number of sulfonamides is 1. The molecule has 0 spiro atoms. The Morgan fingerprint density at radius 1 is 1.08 bits per heavy atom. The summed E-state index contributed by atoms with van der Waals surface area (Å²) < 4.78 is 42.6. The minimum atomic E-state index is -4.19. The summed E-state index contributed by atoms with van der Waals surface area (Å²) in [6, 6.07) is 8.95. The zero-order chi connectivity index (χ0) is 18.2. The maximum Gasteiger partial charge on any atom is 0.301 e. The van der Waals surface area contributed by atoms with Gasteiger partial charge in [-0.05, 0) is 42.5 Å². The molecule has 1 heterocycles. The molecule has 0 saturated carbocycles. The van der Waals surface area contributed by atoms with Crippen LogP contribution in [-0.4, -0.2) is 14.3 Å². The molecule has 0 atom stereocenters. The van der Waals surface area contributed by atoms with Gasteiger partial charge in [0.05, 0.1) is 5.02 Å². The van der Waals surface area contributed by atoms with Gasteiger partial charge in [-0.1, -0.05) is 23.2 Å². The van der Waals surface area contributed by atoms with Gasteiger partial charge in [-0.2, -0.15) is 0 Å². The number of nitrogens with one attached hydrogen (secondary N) is 2. The summed E-state index contributed by atoms with van der Waals surface area (Å²) in [7, 11) is -4.19. The third kappa shape index (κ3) is 3.77. The minimum absolute atomic E-state index is 0.120. The van der Waals surface area contributed by atoms with Crippen LogP contribution in [0.1, 0.15) is 10.6 Å². The number of hydrazine groups is 1. The average molecular weight is 403 g/mol. The highest BCUT2D eigenvalue weighted by atomic mass is 35.5. The molecule has 10 heteroatoms. The number of hydrogen-bond donors (Lipinski definition) is 2. The van der Waals surface area contributed by atoms with Crippen molar-refractivity contribution in [3.8, 4) is 0 Å². The predicted molar refractivity (Wildman–Crippen MR) is 90.4 cm³/mol. The summed E-state index contributed by atoms with van der Waals surface area (Å²) in [4.78, 5) is 13.5. The van der Waals surface area contributed by atoms with Crippen LogP contribution >= 0.6 is 23.2 Å². The van der Waals surface area contributed by atoms with Crippen molar-refractivity contribution in [2.45, 2.75) is 4.90 Å². The van der Waals surface area contributed by atoms with E-state index in [1.165, 1.54) is 6.07 Å². The summed E-state index contributed by atoms with van der Waals surface area (Å²) in [6.45, 7) is 0. The topological polar surface area (TPSA) is 88.4 Å². The molecule has 1 aromatic heterocycles. The van der Waals surface area contributed by atoms with E-state index in [0.717, 1.165) is 18.2 Å². The van der Waals surface area contributed by atoms with Crippen molar-refractivity contribution in [3.63, 3.8) is 0 Å². The summed E-state index contributed by atoms with van der Waals surface area (Å²) >= 11 is 11.6. The minimum Gasteiger partial charge on any atom is -0.451 e. The Morgan fingerprint density at radius 3 is 2.56 bits per heavy atom. The van der Waals surface area contributed by atoms with Crippen molar-refractivity contribution in [2.75, 3.05) is 0 Å². The second-order valence-electron chi connectivity index (χ2n) is 4.93. The van der Waals surface area contributed by atoms with Crippen LogP contribution in [0.4, 0.5) is 4.39 Å². The molecular formula is C15H9Cl2FN2O4S. The predicted octanol–water partition coefficient (Wildman–Crippen LogP) is 3.50. The van der Waals surface area contributed by atoms with E-state index in [4.69, 9.17) is 27.6 Å². The molecule has 0 fully saturated rings. The van der Waals surface area contributed by atoms with Gasteiger partial charge < -0.3 is 4.42 Å². The molecule has 3 rings (SSSR count). The monoisotopic (exact) mass is 402 g/mol. The van der Waals surface area contributed by atoms with Gasteiger partial charge in [-0.3, -0.25) is 10.2 Å². The first-order chi connectivity index (χ1) is 11.8. The van der Waals surface area contributed by atoms with Crippen LogP contribution in [0.2, 0.25) is 10.0 Å². The number of hydrogen-bond acceptors (Lipinski definition) is 4. The fourth-order valence-corrected chi connectivity index (χ4v) is 3.60. The van der Waals surface area contributed by atoms with Crippen LogP contribution in [0.5, 0.6) is 0 Å². The second kappa shape index (κ2) is 6.64. The van der Waals surface area contributed by atoms with Gasteiger partial charge in [0, 0.05) is 10.4 Å². The SMILES string of the molecule is O=C(NNS(=O)(=O)c1ccc(F)cc1Cl)c1cc2cc(Cl)ccc2o1. The number of furan rings is 1. The Bertz CT molecular complexity index is 1080. The van der Waals surface area contributed by atoms with Crippen LogP contribution in [0, 0.1) is 5.82 Å². The molecule has 0 unspecified atom stereocenters. The van der Waals surface area contributed by atoms with Crippen LogP contribution < -0.4 is 10.3 Å². The maximum atomic E-state index is 13.0. The van der Waals surface area contributed by atoms with Crippen molar-refractivity contribution >= 4 is 50.1 Å². The van der Waals surface area contributed by atoms with Crippen molar-refractivity contribution < 1.29 is 22.0 Å². The summed E-state index contributed by atoms with van der Waals surface area (Å²) in [5, 5.41) is 0.731. The Hall–Kier alpha value is -2.13. The number of rotatable bonds is 4. The van der Waals surface area contributed by atoms with Gasteiger partial charge in [-0.25, -0.2) is 12.8 Å². The molecule has 130 valence electrons. The molecular weight excluding hydrogens is 394 g/mol. The number of amides is 1. The van der Waals surface area contributed by atoms with Crippen molar-refractivity contribution in [1.29, 1.82) is 0 Å². The number of halogens is 3. The smallest absolute Gasteiger partial charge is 0.301 e. The van der Waals surface area contributed by atoms with Gasteiger partial charge in [0.15, 0.2) is 5.76 Å². The zero-order valence-electron chi connectivity index (χ0n) is 12.2. The first-order valence-corrected chi connectivity index (χ1v) is 8.96. The summed E-state index contributed by atoms with van der Waals surface area (Å²) in [5.74, 6) is -1.63. The molecule has 3 aromatic rings. The van der Waals surface area contributed by atoms with Crippen LogP contribution in [0.15, 0.2) is 51.8 Å². The Kier molecular flexibility index (Phi) is 4.70. The van der Waals surface area contributed by atoms with Gasteiger partial charge >= 0.3 is 5.91 Å². The van der Waals surface area contributed by atoms with Crippen LogP contribution in [-0.2, 0) is 10.0 Å². The number of carbonyl (C=O) groups excluding carboxylic acids is 1. The molecule has 0 aliphatic carbocycles. The Labute approximate surface area is 151 Å². The Balaban J connectivity index is 1.78. The molecule has 0 bridgehead atoms. The molecule has 0 saturated heterocycles. The second-order valence-corrected chi connectivity index (χ2v) is 7.42. The first-order valence-electron chi connectivity index (χ1n) is 6.72. The number of carbonyl (C=O) groups is 1. The third-order valence-electron chi connectivity index (χ3n) is 3.18. The summed E-state index contributed by atoms with van der Waals surface area (Å²) in [6.07, 6.45) is 0. The molecule has 0 radical (unpaired) electrons. The lowest BCUT2D eigenvalue weighted by Gasteiger charge is -2.08. The van der Waals surface area contributed by atoms with Crippen LogP contribution in [0.25, 0.3) is 11.0 Å². The third-order valence-corrected chi connectivity index (χ3v) is 5.15. The molecule has 0 aliphatic heterocycles. The molecule has 25 heavy (non-hydrogen) atoms. The fraction of sp³-hybridized carbons (Fsp3) is 0. The molecule has 0 aliphatic rings. The lowest BCUT2D eigenvalue weighted by molar-refractivity contribution is 0.0919. The molecule has 2 N–H and O–H groups in total. The largest absolute Gasteiger partial charge is 0.451 e. The highest BCUT2D eigenvalue weighted by molar-refractivity contribution is 7.89. The lowest BCUT2D eigenvalue weighted by Crippen LogP contribution is -2.41. The van der Waals surface area contributed by atoms with E-state index in [2.05, 4.69) is 0 Å².